The van der Waals surface area contributed by atoms with Gasteiger partial charge in [0.15, 0.2) is 11.5 Å². The van der Waals surface area contributed by atoms with Crippen LogP contribution in [0.25, 0.3) is 11.5 Å². The summed E-state index contributed by atoms with van der Waals surface area (Å²) in [4.78, 5) is 8.42. The number of hydrogen-bond donors (Lipinski definition) is 1. The minimum atomic E-state index is -3.77. The van der Waals surface area contributed by atoms with Crippen molar-refractivity contribution >= 4 is 10.0 Å². The molecule has 3 aromatic heterocycles. The summed E-state index contributed by atoms with van der Waals surface area (Å²) in [6.07, 6.45) is 4.53. The SMILES string of the molecule is Cc1noc(C)c1S(=O)(=O)NCc1nccnc1-c1ccco1. The lowest BCUT2D eigenvalue weighted by molar-refractivity contribution is 0.390. The summed E-state index contributed by atoms with van der Waals surface area (Å²) in [6.45, 7) is 3.09. The molecular weight excluding hydrogens is 320 g/mol. The number of furan rings is 1. The largest absolute Gasteiger partial charge is 0.463 e. The van der Waals surface area contributed by atoms with Gasteiger partial charge in [0.05, 0.1) is 18.5 Å². The number of rotatable bonds is 5. The standard InChI is InChI=1S/C14H14N4O4S/c1-9-14(10(2)22-18-9)23(19,20)17-8-11-13(16-6-5-15-11)12-4-3-7-21-12/h3-7,17H,8H2,1-2H3. The molecule has 0 fully saturated rings. The molecule has 3 heterocycles. The van der Waals surface area contributed by atoms with Gasteiger partial charge in [0, 0.05) is 12.4 Å². The minimum absolute atomic E-state index is 0.0315. The first-order valence-corrected chi connectivity index (χ1v) is 8.23. The summed E-state index contributed by atoms with van der Waals surface area (Å²) in [5.41, 5.74) is 1.25. The summed E-state index contributed by atoms with van der Waals surface area (Å²) in [5.74, 6) is 0.755. The Balaban J connectivity index is 1.87. The van der Waals surface area contributed by atoms with Crippen molar-refractivity contribution in [3.05, 3.63) is 47.9 Å². The van der Waals surface area contributed by atoms with Crippen LogP contribution >= 0.6 is 0 Å². The van der Waals surface area contributed by atoms with E-state index >= 15 is 0 Å². The molecule has 0 saturated carbocycles. The van der Waals surface area contributed by atoms with Gasteiger partial charge < -0.3 is 8.94 Å². The van der Waals surface area contributed by atoms with Gasteiger partial charge in [-0.2, -0.15) is 0 Å². The van der Waals surface area contributed by atoms with Crippen molar-refractivity contribution in [1.82, 2.24) is 19.8 Å². The highest BCUT2D eigenvalue weighted by Gasteiger charge is 2.24. The summed E-state index contributed by atoms with van der Waals surface area (Å²) in [7, 11) is -3.77. The van der Waals surface area contributed by atoms with Crippen LogP contribution in [-0.2, 0) is 16.6 Å². The van der Waals surface area contributed by atoms with Crippen molar-refractivity contribution in [3.63, 3.8) is 0 Å². The van der Waals surface area contributed by atoms with Crippen LogP contribution in [0.3, 0.4) is 0 Å². The number of aromatic nitrogens is 3. The molecule has 0 atom stereocenters. The molecule has 3 aromatic rings. The van der Waals surface area contributed by atoms with Gasteiger partial charge in [-0.1, -0.05) is 5.16 Å². The number of hydrogen-bond acceptors (Lipinski definition) is 7. The normalized spacial score (nSPS) is 11.7. The number of sulfonamides is 1. The van der Waals surface area contributed by atoms with Gasteiger partial charge in [-0.3, -0.25) is 4.98 Å². The third-order valence-electron chi connectivity index (χ3n) is 3.19. The van der Waals surface area contributed by atoms with E-state index in [-0.39, 0.29) is 17.2 Å². The first-order valence-electron chi connectivity index (χ1n) is 6.75. The van der Waals surface area contributed by atoms with Crippen molar-refractivity contribution < 1.29 is 17.4 Å². The Morgan fingerprint density at radius 2 is 2.00 bits per heavy atom. The van der Waals surface area contributed by atoms with Crippen LogP contribution in [0.1, 0.15) is 17.1 Å². The molecule has 0 saturated heterocycles. The molecule has 0 aliphatic carbocycles. The summed E-state index contributed by atoms with van der Waals surface area (Å²) < 4.78 is 37.5. The first kappa shape index (κ1) is 15.4. The van der Waals surface area contributed by atoms with E-state index in [1.165, 1.54) is 18.7 Å². The lowest BCUT2D eigenvalue weighted by Gasteiger charge is -2.08. The molecule has 3 rings (SSSR count). The molecule has 120 valence electrons. The van der Waals surface area contributed by atoms with Crippen molar-refractivity contribution in [3.8, 4) is 11.5 Å². The van der Waals surface area contributed by atoms with Crippen LogP contribution in [0, 0.1) is 13.8 Å². The van der Waals surface area contributed by atoms with Crippen LogP contribution in [0.15, 0.2) is 44.6 Å². The van der Waals surface area contributed by atoms with Crippen LogP contribution in [-0.4, -0.2) is 23.5 Å². The van der Waals surface area contributed by atoms with E-state index in [4.69, 9.17) is 8.94 Å². The van der Waals surface area contributed by atoms with E-state index < -0.39 is 10.0 Å². The monoisotopic (exact) mass is 334 g/mol. The molecule has 9 heteroatoms. The van der Waals surface area contributed by atoms with Crippen molar-refractivity contribution in [2.45, 2.75) is 25.3 Å². The second kappa shape index (κ2) is 5.94. The lowest BCUT2D eigenvalue weighted by atomic mass is 10.2. The molecule has 0 radical (unpaired) electrons. The maximum Gasteiger partial charge on any atom is 0.246 e. The van der Waals surface area contributed by atoms with Gasteiger partial charge in [-0.25, -0.2) is 18.1 Å². The highest BCUT2D eigenvalue weighted by atomic mass is 32.2. The molecule has 0 bridgehead atoms. The van der Waals surface area contributed by atoms with Gasteiger partial charge >= 0.3 is 0 Å². The van der Waals surface area contributed by atoms with Gasteiger partial charge in [0.2, 0.25) is 10.0 Å². The second-order valence-corrected chi connectivity index (χ2v) is 6.51. The molecule has 0 amide bonds. The predicted molar refractivity (Wildman–Crippen MR) is 79.7 cm³/mol. The maximum absolute atomic E-state index is 12.4. The molecule has 0 unspecified atom stereocenters. The predicted octanol–water partition coefficient (Wildman–Crippen LogP) is 1.82. The maximum atomic E-state index is 12.4. The molecule has 1 N–H and O–H groups in total. The lowest BCUT2D eigenvalue weighted by Crippen LogP contribution is -2.25. The zero-order valence-corrected chi connectivity index (χ0v) is 13.3. The molecule has 8 nitrogen and oxygen atoms in total. The fraction of sp³-hybridized carbons (Fsp3) is 0.214. The third-order valence-corrected chi connectivity index (χ3v) is 4.84. The average Bonchev–Trinajstić information content (AvgIpc) is 3.16. The molecule has 0 spiro atoms. The average molecular weight is 334 g/mol. The van der Waals surface area contributed by atoms with Gasteiger partial charge in [-0.05, 0) is 26.0 Å². The first-order chi connectivity index (χ1) is 11.0. The van der Waals surface area contributed by atoms with Gasteiger partial charge in [0.25, 0.3) is 0 Å². The van der Waals surface area contributed by atoms with E-state index in [1.54, 1.807) is 26.0 Å². The Bertz CT molecular complexity index is 897. The van der Waals surface area contributed by atoms with E-state index in [1.807, 2.05) is 0 Å². The Morgan fingerprint density at radius 3 is 2.65 bits per heavy atom. The van der Waals surface area contributed by atoms with Crippen LogP contribution in [0.5, 0.6) is 0 Å². The van der Waals surface area contributed by atoms with E-state index in [0.717, 1.165) is 0 Å². The molecule has 23 heavy (non-hydrogen) atoms. The van der Waals surface area contributed by atoms with Crippen molar-refractivity contribution in [2.75, 3.05) is 0 Å². The molecule has 0 aliphatic rings. The summed E-state index contributed by atoms with van der Waals surface area (Å²) >= 11 is 0. The zero-order valence-electron chi connectivity index (χ0n) is 12.5. The van der Waals surface area contributed by atoms with Crippen LogP contribution in [0.2, 0.25) is 0 Å². The highest BCUT2D eigenvalue weighted by molar-refractivity contribution is 7.89. The zero-order chi connectivity index (χ0) is 16.4. The van der Waals surface area contributed by atoms with Crippen LogP contribution < -0.4 is 4.72 Å². The number of aryl methyl sites for hydroxylation is 2. The van der Waals surface area contributed by atoms with Crippen LogP contribution in [0.4, 0.5) is 0 Å². The molecule has 0 aliphatic heterocycles. The van der Waals surface area contributed by atoms with Gasteiger partial charge in [-0.15, -0.1) is 0 Å². The molecule has 0 aromatic carbocycles. The van der Waals surface area contributed by atoms with Gasteiger partial charge in [0.1, 0.15) is 16.3 Å². The summed E-state index contributed by atoms with van der Waals surface area (Å²) in [6, 6.07) is 3.46. The van der Waals surface area contributed by atoms with E-state index in [0.29, 0.717) is 22.8 Å². The van der Waals surface area contributed by atoms with Crippen molar-refractivity contribution in [1.29, 1.82) is 0 Å². The Morgan fingerprint density at radius 1 is 1.22 bits per heavy atom. The van der Waals surface area contributed by atoms with Crippen molar-refractivity contribution in [2.24, 2.45) is 0 Å². The van der Waals surface area contributed by atoms with E-state index in [9.17, 15) is 8.42 Å². The Kier molecular flexibility index (Phi) is 3.97. The number of nitrogens with zero attached hydrogens (tertiary/aromatic N) is 3. The quantitative estimate of drug-likeness (QED) is 0.757. The second-order valence-electron chi connectivity index (χ2n) is 4.81. The Hall–Kier alpha value is -2.52. The third kappa shape index (κ3) is 3.01. The molecular formula is C14H14N4O4S. The Labute approximate surface area is 132 Å². The fourth-order valence-electron chi connectivity index (χ4n) is 2.21. The van der Waals surface area contributed by atoms with E-state index in [2.05, 4.69) is 19.8 Å². The summed E-state index contributed by atoms with van der Waals surface area (Å²) in [5, 5.41) is 3.66. The topological polar surface area (TPSA) is 111 Å². The fourth-order valence-corrected chi connectivity index (χ4v) is 3.52. The minimum Gasteiger partial charge on any atom is -0.463 e. The highest BCUT2D eigenvalue weighted by Crippen LogP contribution is 2.22. The number of nitrogens with one attached hydrogen (secondary N) is 1. The smallest absolute Gasteiger partial charge is 0.246 e.